The molecule has 0 atom stereocenters. The third kappa shape index (κ3) is 3.21. The second-order valence-corrected chi connectivity index (χ2v) is 5.32. The highest BCUT2D eigenvalue weighted by Crippen LogP contribution is 2.10. The lowest BCUT2D eigenvalue weighted by atomic mass is 10.1. The van der Waals surface area contributed by atoms with Crippen LogP contribution in [0.2, 0.25) is 0 Å². The number of nitrogens with zero attached hydrogens (tertiary/aromatic N) is 4. The van der Waals surface area contributed by atoms with Gasteiger partial charge < -0.3 is 9.88 Å². The van der Waals surface area contributed by atoms with Crippen LogP contribution in [0.4, 0.5) is 5.82 Å². The van der Waals surface area contributed by atoms with E-state index in [2.05, 4.69) is 15.4 Å². The highest BCUT2D eigenvalue weighted by Gasteiger charge is 2.16. The van der Waals surface area contributed by atoms with Gasteiger partial charge in [-0.25, -0.2) is 4.98 Å². The van der Waals surface area contributed by atoms with Gasteiger partial charge in [-0.3, -0.25) is 9.48 Å². The summed E-state index contributed by atoms with van der Waals surface area (Å²) < 4.78 is 3.48. The standard InChI is InChI=1S/C13H19N5O/c1-13(2,3)18-10-7-15-11(12(18)19)14-6-9-17-8-4-5-16-17/h4-5,7-8,10H,6,9H2,1-3H3,(H,14,15). The highest BCUT2D eigenvalue weighted by atomic mass is 16.1. The van der Waals surface area contributed by atoms with Crippen molar-refractivity contribution < 1.29 is 0 Å². The summed E-state index contributed by atoms with van der Waals surface area (Å²) in [4.78, 5) is 16.3. The maximum absolute atomic E-state index is 12.2. The van der Waals surface area contributed by atoms with Crippen LogP contribution in [-0.4, -0.2) is 25.9 Å². The van der Waals surface area contributed by atoms with Crippen LogP contribution >= 0.6 is 0 Å². The predicted molar refractivity (Wildman–Crippen MR) is 74.2 cm³/mol. The van der Waals surface area contributed by atoms with Gasteiger partial charge in [-0.05, 0) is 26.8 Å². The zero-order valence-electron chi connectivity index (χ0n) is 11.5. The molecule has 2 aromatic rings. The molecule has 6 nitrogen and oxygen atoms in total. The maximum Gasteiger partial charge on any atom is 0.293 e. The quantitative estimate of drug-likeness (QED) is 0.901. The van der Waals surface area contributed by atoms with Crippen LogP contribution in [0.15, 0.2) is 35.6 Å². The van der Waals surface area contributed by atoms with E-state index < -0.39 is 0 Å². The van der Waals surface area contributed by atoms with Crippen molar-refractivity contribution in [2.45, 2.75) is 32.9 Å². The topological polar surface area (TPSA) is 64.7 Å². The second-order valence-electron chi connectivity index (χ2n) is 5.32. The first kappa shape index (κ1) is 13.3. The summed E-state index contributed by atoms with van der Waals surface area (Å²) in [6, 6.07) is 1.87. The Hall–Kier alpha value is -2.11. The molecule has 1 N–H and O–H groups in total. The number of anilines is 1. The molecule has 0 aromatic carbocycles. The van der Waals surface area contributed by atoms with E-state index in [1.165, 1.54) is 0 Å². The summed E-state index contributed by atoms with van der Waals surface area (Å²) in [5.41, 5.74) is -0.353. The monoisotopic (exact) mass is 261 g/mol. The molecule has 0 bridgehead atoms. The van der Waals surface area contributed by atoms with Crippen LogP contribution in [0.3, 0.4) is 0 Å². The number of hydrogen-bond acceptors (Lipinski definition) is 4. The van der Waals surface area contributed by atoms with Gasteiger partial charge in [0.1, 0.15) is 0 Å². The summed E-state index contributed by atoms with van der Waals surface area (Å²) >= 11 is 0. The third-order valence-electron chi connectivity index (χ3n) is 2.76. The van der Waals surface area contributed by atoms with E-state index in [1.54, 1.807) is 27.8 Å². The van der Waals surface area contributed by atoms with Gasteiger partial charge in [0.25, 0.3) is 5.56 Å². The Kier molecular flexibility index (Phi) is 3.69. The molecule has 2 aromatic heterocycles. The van der Waals surface area contributed by atoms with Gasteiger partial charge in [-0.2, -0.15) is 5.10 Å². The van der Waals surface area contributed by atoms with Gasteiger partial charge in [-0.1, -0.05) is 0 Å². The van der Waals surface area contributed by atoms with E-state index in [0.29, 0.717) is 18.9 Å². The minimum Gasteiger partial charge on any atom is -0.364 e. The zero-order valence-corrected chi connectivity index (χ0v) is 11.5. The maximum atomic E-state index is 12.2. The Morgan fingerprint density at radius 2 is 2.05 bits per heavy atom. The molecule has 0 aliphatic heterocycles. The Morgan fingerprint density at radius 1 is 1.26 bits per heavy atom. The minimum absolute atomic E-state index is 0.101. The molecule has 0 fully saturated rings. The Morgan fingerprint density at radius 3 is 2.68 bits per heavy atom. The molecule has 2 rings (SSSR count). The Bertz CT molecular complexity index is 580. The minimum atomic E-state index is -0.252. The van der Waals surface area contributed by atoms with Crippen molar-refractivity contribution in [1.82, 2.24) is 19.3 Å². The van der Waals surface area contributed by atoms with Crippen molar-refractivity contribution in [3.05, 3.63) is 41.2 Å². The van der Waals surface area contributed by atoms with Gasteiger partial charge in [-0.15, -0.1) is 0 Å². The molecule has 0 amide bonds. The molecule has 0 aliphatic carbocycles. The van der Waals surface area contributed by atoms with Crippen molar-refractivity contribution in [2.75, 3.05) is 11.9 Å². The number of rotatable bonds is 4. The molecular weight excluding hydrogens is 242 g/mol. The van der Waals surface area contributed by atoms with Crippen molar-refractivity contribution in [2.24, 2.45) is 0 Å². The highest BCUT2D eigenvalue weighted by molar-refractivity contribution is 5.30. The molecule has 0 spiro atoms. The summed E-state index contributed by atoms with van der Waals surface area (Å²) in [5.74, 6) is 0.379. The largest absolute Gasteiger partial charge is 0.364 e. The molecular formula is C13H19N5O. The molecule has 2 heterocycles. The van der Waals surface area contributed by atoms with Crippen LogP contribution in [0.5, 0.6) is 0 Å². The number of hydrogen-bond donors (Lipinski definition) is 1. The third-order valence-corrected chi connectivity index (χ3v) is 2.76. The first-order valence-electron chi connectivity index (χ1n) is 6.28. The lowest BCUT2D eigenvalue weighted by Gasteiger charge is -2.22. The molecule has 102 valence electrons. The van der Waals surface area contributed by atoms with Crippen molar-refractivity contribution in [1.29, 1.82) is 0 Å². The van der Waals surface area contributed by atoms with Crippen LogP contribution in [0.1, 0.15) is 20.8 Å². The summed E-state index contributed by atoms with van der Waals surface area (Å²) in [7, 11) is 0. The Balaban J connectivity index is 2.07. The number of aromatic nitrogens is 4. The SMILES string of the molecule is CC(C)(C)n1ccnc(NCCn2cccn2)c1=O. The molecule has 19 heavy (non-hydrogen) atoms. The summed E-state index contributed by atoms with van der Waals surface area (Å²) in [6.45, 7) is 7.27. The molecule has 0 aliphatic rings. The first-order chi connectivity index (χ1) is 8.98. The van der Waals surface area contributed by atoms with Crippen LogP contribution in [-0.2, 0) is 12.1 Å². The molecule has 6 heteroatoms. The molecule has 0 unspecified atom stereocenters. The Labute approximate surface area is 112 Å². The average Bonchev–Trinajstić information content (AvgIpc) is 2.83. The van der Waals surface area contributed by atoms with E-state index >= 15 is 0 Å². The van der Waals surface area contributed by atoms with Gasteiger partial charge in [0.05, 0.1) is 6.54 Å². The average molecular weight is 261 g/mol. The normalized spacial score (nSPS) is 11.5. The second kappa shape index (κ2) is 5.26. The van der Waals surface area contributed by atoms with Crippen molar-refractivity contribution in [3.8, 4) is 0 Å². The molecule has 0 radical (unpaired) electrons. The van der Waals surface area contributed by atoms with Gasteiger partial charge >= 0.3 is 0 Å². The zero-order chi connectivity index (χ0) is 13.9. The van der Waals surface area contributed by atoms with E-state index in [1.807, 2.05) is 33.0 Å². The van der Waals surface area contributed by atoms with E-state index in [0.717, 1.165) is 0 Å². The van der Waals surface area contributed by atoms with E-state index in [9.17, 15) is 4.79 Å². The van der Waals surface area contributed by atoms with Crippen molar-refractivity contribution >= 4 is 5.82 Å². The number of nitrogens with one attached hydrogen (secondary N) is 1. The van der Waals surface area contributed by atoms with Gasteiger partial charge in [0.15, 0.2) is 5.82 Å². The van der Waals surface area contributed by atoms with Crippen LogP contribution in [0, 0.1) is 0 Å². The van der Waals surface area contributed by atoms with Crippen LogP contribution in [0.25, 0.3) is 0 Å². The first-order valence-corrected chi connectivity index (χ1v) is 6.28. The van der Waals surface area contributed by atoms with E-state index in [4.69, 9.17) is 0 Å². The van der Waals surface area contributed by atoms with Gasteiger partial charge in [0, 0.05) is 36.9 Å². The molecule has 0 saturated heterocycles. The smallest absolute Gasteiger partial charge is 0.293 e. The summed E-state index contributed by atoms with van der Waals surface area (Å²) in [5, 5.41) is 7.16. The predicted octanol–water partition coefficient (Wildman–Crippen LogP) is 1.31. The van der Waals surface area contributed by atoms with Crippen LogP contribution < -0.4 is 10.9 Å². The fourth-order valence-corrected chi connectivity index (χ4v) is 1.78. The molecule has 0 saturated carbocycles. The van der Waals surface area contributed by atoms with E-state index in [-0.39, 0.29) is 11.1 Å². The lowest BCUT2D eigenvalue weighted by molar-refractivity contribution is 0.383. The summed E-state index contributed by atoms with van der Waals surface area (Å²) in [6.07, 6.45) is 6.96. The fourth-order valence-electron chi connectivity index (χ4n) is 1.78. The van der Waals surface area contributed by atoms with Gasteiger partial charge in [0.2, 0.25) is 0 Å². The lowest BCUT2D eigenvalue weighted by Crippen LogP contribution is -2.35. The van der Waals surface area contributed by atoms with Crippen molar-refractivity contribution in [3.63, 3.8) is 0 Å². The fraction of sp³-hybridized carbons (Fsp3) is 0.462.